The molecule has 0 unspecified atom stereocenters. The molecule has 9 heteroatoms. The lowest BCUT2D eigenvalue weighted by Gasteiger charge is -2.25. The summed E-state index contributed by atoms with van der Waals surface area (Å²) in [5.41, 5.74) is 0. The van der Waals surface area contributed by atoms with Gasteiger partial charge in [-0.25, -0.2) is 0 Å². The molecule has 2 amide bonds. The molecule has 1 fully saturated rings. The van der Waals surface area contributed by atoms with Crippen LogP contribution in [0.2, 0.25) is 0 Å². The Morgan fingerprint density at radius 2 is 1.91 bits per heavy atom. The minimum absolute atomic E-state index is 0.221. The van der Waals surface area contributed by atoms with Crippen LogP contribution in [0.3, 0.4) is 0 Å². The third kappa shape index (κ3) is 6.19. The number of nitrogens with one attached hydrogen (secondary N) is 3. The molecule has 1 aliphatic rings. The average Bonchev–Trinajstić information content (AvgIpc) is 2.96. The summed E-state index contributed by atoms with van der Waals surface area (Å²) in [5, 5.41) is 16.1. The number of thiol groups is 1. The van der Waals surface area contributed by atoms with Crippen LogP contribution in [-0.4, -0.2) is 52.7 Å². The Morgan fingerprint density at radius 3 is 2.35 bits per heavy atom. The van der Waals surface area contributed by atoms with Crippen molar-refractivity contribution in [3.63, 3.8) is 0 Å². The van der Waals surface area contributed by atoms with Gasteiger partial charge in [-0.15, -0.1) is 12.6 Å². The van der Waals surface area contributed by atoms with Crippen molar-refractivity contribution in [2.24, 2.45) is 5.92 Å². The molecule has 0 saturated carbocycles. The molecular formula is C14H23N3O5S. The number of carboxylic acids is 1. The van der Waals surface area contributed by atoms with E-state index in [1.165, 1.54) is 0 Å². The minimum atomic E-state index is -1.23. The molecule has 4 N–H and O–H groups in total. The molecule has 1 saturated heterocycles. The quantitative estimate of drug-likeness (QED) is 0.370. The van der Waals surface area contributed by atoms with E-state index in [2.05, 4.69) is 28.6 Å². The highest BCUT2D eigenvalue weighted by Gasteiger charge is 2.31. The number of carboxylic acid groups (broad SMARTS) is 1. The van der Waals surface area contributed by atoms with E-state index < -0.39 is 35.5 Å². The van der Waals surface area contributed by atoms with Gasteiger partial charge in [0.25, 0.3) is 0 Å². The van der Waals surface area contributed by atoms with Crippen LogP contribution >= 0.6 is 12.6 Å². The molecule has 130 valence electrons. The molecule has 1 heterocycles. The van der Waals surface area contributed by atoms with Crippen LogP contribution in [0, 0.1) is 5.92 Å². The number of hydrogen-bond acceptors (Lipinski definition) is 5. The molecule has 0 aromatic carbocycles. The van der Waals surface area contributed by atoms with Gasteiger partial charge >= 0.3 is 5.97 Å². The summed E-state index contributed by atoms with van der Waals surface area (Å²) in [6.07, 6.45) is 1.04. The molecule has 8 nitrogen and oxygen atoms in total. The van der Waals surface area contributed by atoms with Gasteiger partial charge in [0, 0.05) is 0 Å². The summed E-state index contributed by atoms with van der Waals surface area (Å²) in [6.45, 7) is 4.26. The molecule has 0 spiro atoms. The van der Waals surface area contributed by atoms with Crippen molar-refractivity contribution in [1.29, 1.82) is 0 Å². The van der Waals surface area contributed by atoms with Crippen LogP contribution in [0.1, 0.15) is 33.1 Å². The first-order valence-electron chi connectivity index (χ1n) is 7.51. The second-order valence-electron chi connectivity index (χ2n) is 5.88. The fourth-order valence-corrected chi connectivity index (χ4v) is 2.49. The zero-order valence-corrected chi connectivity index (χ0v) is 14.1. The first-order chi connectivity index (χ1) is 10.7. The van der Waals surface area contributed by atoms with Gasteiger partial charge in [-0.3, -0.25) is 19.2 Å². The Bertz CT molecular complexity index is 477. The van der Waals surface area contributed by atoms with Crippen molar-refractivity contribution in [2.75, 3.05) is 6.54 Å². The summed E-state index contributed by atoms with van der Waals surface area (Å²) < 4.78 is 0. The summed E-state index contributed by atoms with van der Waals surface area (Å²) in [6, 6.07) is -2.41. The minimum Gasteiger partial charge on any atom is -0.481 e. The van der Waals surface area contributed by atoms with Crippen molar-refractivity contribution in [3.8, 4) is 0 Å². The second kappa shape index (κ2) is 8.88. The third-order valence-corrected chi connectivity index (χ3v) is 3.93. The van der Waals surface area contributed by atoms with Gasteiger partial charge in [0.15, 0.2) is 0 Å². The van der Waals surface area contributed by atoms with E-state index in [1.54, 1.807) is 13.8 Å². The Morgan fingerprint density at radius 1 is 1.26 bits per heavy atom. The van der Waals surface area contributed by atoms with Crippen LogP contribution in [0.15, 0.2) is 0 Å². The monoisotopic (exact) mass is 345 g/mol. The first-order valence-corrected chi connectivity index (χ1v) is 7.95. The zero-order valence-electron chi connectivity index (χ0n) is 13.2. The van der Waals surface area contributed by atoms with Crippen LogP contribution in [0.25, 0.3) is 0 Å². The number of hydrogen-bond donors (Lipinski definition) is 5. The molecule has 0 aromatic rings. The van der Waals surface area contributed by atoms with E-state index in [0.717, 1.165) is 13.0 Å². The van der Waals surface area contributed by atoms with Crippen molar-refractivity contribution >= 4 is 35.5 Å². The molecule has 23 heavy (non-hydrogen) atoms. The highest BCUT2D eigenvalue weighted by molar-refractivity contribution is 7.96. The van der Waals surface area contributed by atoms with Gasteiger partial charge in [0.1, 0.15) is 12.1 Å². The summed E-state index contributed by atoms with van der Waals surface area (Å²) in [4.78, 5) is 46.5. The van der Waals surface area contributed by atoms with Gasteiger partial charge in [-0.05, 0) is 25.3 Å². The molecule has 3 atom stereocenters. The normalized spacial score (nSPS) is 19.9. The van der Waals surface area contributed by atoms with Gasteiger partial charge < -0.3 is 21.1 Å². The molecule has 1 aliphatic heterocycles. The molecule has 0 aromatic heterocycles. The number of amides is 2. The van der Waals surface area contributed by atoms with E-state index >= 15 is 0 Å². The van der Waals surface area contributed by atoms with E-state index in [9.17, 15) is 19.2 Å². The van der Waals surface area contributed by atoms with Crippen LogP contribution in [0.4, 0.5) is 0 Å². The molecule has 0 bridgehead atoms. The molecule has 0 radical (unpaired) electrons. The average molecular weight is 345 g/mol. The Hall–Kier alpha value is -1.61. The smallest absolute Gasteiger partial charge is 0.305 e. The van der Waals surface area contributed by atoms with Gasteiger partial charge in [-0.2, -0.15) is 0 Å². The fraction of sp³-hybridized carbons (Fsp3) is 0.714. The summed E-state index contributed by atoms with van der Waals surface area (Å²) in [5.74, 6) is -2.32. The maximum Gasteiger partial charge on any atom is 0.305 e. The second-order valence-corrected chi connectivity index (χ2v) is 6.32. The summed E-state index contributed by atoms with van der Waals surface area (Å²) >= 11 is 3.59. The van der Waals surface area contributed by atoms with Crippen LogP contribution in [-0.2, 0) is 19.2 Å². The van der Waals surface area contributed by atoms with Crippen molar-refractivity contribution in [2.45, 2.75) is 51.2 Å². The lowest BCUT2D eigenvalue weighted by Crippen LogP contribution is -2.56. The van der Waals surface area contributed by atoms with E-state index in [-0.39, 0.29) is 17.9 Å². The number of carbonyl (C=O) groups is 4. The fourth-order valence-electron chi connectivity index (χ4n) is 2.33. The predicted molar refractivity (Wildman–Crippen MR) is 86.0 cm³/mol. The highest BCUT2D eigenvalue weighted by atomic mass is 32.1. The van der Waals surface area contributed by atoms with E-state index in [1.807, 2.05) is 0 Å². The Kier molecular flexibility index (Phi) is 7.50. The molecule has 1 rings (SSSR count). The predicted octanol–water partition coefficient (Wildman–Crippen LogP) is -0.705. The van der Waals surface area contributed by atoms with Gasteiger partial charge in [-0.1, -0.05) is 13.8 Å². The molecular weight excluding hydrogens is 322 g/mol. The third-order valence-electron chi connectivity index (χ3n) is 3.62. The van der Waals surface area contributed by atoms with Gasteiger partial charge in [0.2, 0.25) is 16.9 Å². The first kappa shape index (κ1) is 19.4. The van der Waals surface area contributed by atoms with Crippen LogP contribution in [0.5, 0.6) is 0 Å². The van der Waals surface area contributed by atoms with Crippen LogP contribution < -0.4 is 16.0 Å². The van der Waals surface area contributed by atoms with Gasteiger partial charge in [0.05, 0.1) is 12.5 Å². The SMILES string of the molecule is CC(C)[C@H](NC(=O)[C@@H]1CCCN1)C(=O)N[C@@H](CC(=O)O)C(=O)S. The van der Waals surface area contributed by atoms with Crippen molar-refractivity contribution in [3.05, 3.63) is 0 Å². The summed E-state index contributed by atoms with van der Waals surface area (Å²) in [7, 11) is 0. The largest absolute Gasteiger partial charge is 0.481 e. The molecule has 0 aliphatic carbocycles. The number of carbonyl (C=O) groups excluding carboxylic acids is 3. The highest BCUT2D eigenvalue weighted by Crippen LogP contribution is 2.09. The Balaban J connectivity index is 2.71. The maximum atomic E-state index is 12.3. The standard InChI is InChI=1S/C14H23N3O5S/c1-7(2)11(17-12(20)8-4-3-5-15-8)13(21)16-9(14(22)23)6-10(18)19/h7-9,11,15H,3-6H2,1-2H3,(H,16,21)(H,17,20)(H,18,19)(H,22,23)/t8-,9-,11-/m0/s1. The topological polar surface area (TPSA) is 125 Å². The zero-order chi connectivity index (χ0) is 17.6. The Labute approximate surface area is 140 Å². The van der Waals surface area contributed by atoms with Crippen molar-refractivity contribution in [1.82, 2.24) is 16.0 Å². The lowest BCUT2D eigenvalue weighted by molar-refractivity contribution is -0.139. The lowest BCUT2D eigenvalue weighted by atomic mass is 10.0. The number of rotatable bonds is 8. The number of aliphatic carboxylic acids is 1. The van der Waals surface area contributed by atoms with E-state index in [0.29, 0.717) is 6.42 Å². The van der Waals surface area contributed by atoms with E-state index in [4.69, 9.17) is 5.11 Å². The van der Waals surface area contributed by atoms with Crippen molar-refractivity contribution < 1.29 is 24.3 Å². The maximum absolute atomic E-state index is 12.3.